The number of para-hydroxylation sites is 2. The first-order chi connectivity index (χ1) is 44.7. The van der Waals surface area contributed by atoms with Gasteiger partial charge in [-0.2, -0.15) is 9.40 Å². The van der Waals surface area contributed by atoms with Crippen molar-refractivity contribution in [3.8, 4) is 23.0 Å². The van der Waals surface area contributed by atoms with Crippen LogP contribution in [-0.4, -0.2) is 161 Å². The van der Waals surface area contributed by atoms with Gasteiger partial charge in [0.25, 0.3) is 23.6 Å². The van der Waals surface area contributed by atoms with Gasteiger partial charge in [-0.3, -0.25) is 43.9 Å². The number of benzene rings is 6. The van der Waals surface area contributed by atoms with Crippen LogP contribution in [0.2, 0.25) is 0 Å². The molecule has 24 nitrogen and oxygen atoms in total. The molecule has 3 saturated heterocycles. The zero-order valence-corrected chi connectivity index (χ0v) is 54.1. The lowest BCUT2D eigenvalue weighted by Gasteiger charge is -2.26. The molecule has 5 aliphatic rings. The minimum absolute atomic E-state index is 0.000516. The number of nitrogens with zero attached hydrogens (tertiary/aromatic N) is 7. The van der Waals surface area contributed by atoms with Gasteiger partial charge < -0.3 is 29.4 Å². The number of aromatic hydroxyl groups is 1. The second kappa shape index (κ2) is 26.8. The zero-order chi connectivity index (χ0) is 65.3. The van der Waals surface area contributed by atoms with Gasteiger partial charge in [0.1, 0.15) is 35.6 Å². The number of fused-ring (bicyclic) bond motifs is 5. The average Bonchev–Trinajstić information content (AvgIpc) is 1.61. The van der Waals surface area contributed by atoms with Gasteiger partial charge in [0.2, 0.25) is 15.9 Å². The van der Waals surface area contributed by atoms with E-state index >= 15 is 0 Å². The van der Waals surface area contributed by atoms with E-state index in [4.69, 9.17) is 31.2 Å². The number of sulfonamides is 1. The SMILES string of the molecule is COc1ccc(NC(=O)CN2C(=O)/C(=C3\SC(=S)N(C4CCS(=O)(=O)C4)C3=O)c3ccccc32)cc1.Cc1nc2ccc3nc(NC(=O)c4ccc5c(c4)OCCO5)sc3c2s1.O=C(c1cnn(C(=O)c2cccc(S(=O)(=O)N3CCOCC3)c2)c1)c1ccccc1O. The van der Waals surface area contributed by atoms with Crippen LogP contribution in [0, 0.1) is 6.92 Å². The minimum atomic E-state index is -3.76. The third kappa shape index (κ3) is 13.5. The number of rotatable bonds is 12. The molecule has 6 aromatic carbocycles. The highest BCUT2D eigenvalue weighted by molar-refractivity contribution is 8.26. The smallest absolute Gasteiger partial charge is 0.278 e. The van der Waals surface area contributed by atoms with E-state index in [2.05, 4.69) is 25.7 Å². The third-order valence-electron chi connectivity index (χ3n) is 15.1. The number of aromatic nitrogens is 4. The number of thiocarbonyl (C=S) groups is 1. The molecule has 0 bridgehead atoms. The van der Waals surface area contributed by atoms with Crippen molar-refractivity contribution in [3.63, 3.8) is 0 Å². The van der Waals surface area contributed by atoms with Crippen molar-refractivity contribution in [2.24, 2.45) is 0 Å². The second-order valence-electron chi connectivity index (χ2n) is 21.2. The molecule has 476 valence electrons. The summed E-state index contributed by atoms with van der Waals surface area (Å²) < 4.78 is 75.6. The highest BCUT2D eigenvalue weighted by Crippen LogP contribution is 2.46. The van der Waals surface area contributed by atoms with Crippen LogP contribution in [0.5, 0.6) is 23.0 Å². The van der Waals surface area contributed by atoms with Gasteiger partial charge in [0.15, 0.2) is 32.3 Å². The molecule has 0 spiro atoms. The van der Waals surface area contributed by atoms with Crippen LogP contribution >= 0.6 is 46.7 Å². The number of thiazole rings is 2. The lowest BCUT2D eigenvalue weighted by molar-refractivity contribution is -0.123. The number of carbonyl (C=O) groups is 6. The number of thioether (sulfide) groups is 1. The van der Waals surface area contributed by atoms with Crippen LogP contribution in [0.1, 0.15) is 53.6 Å². The maximum atomic E-state index is 13.6. The number of sulfone groups is 1. The highest BCUT2D eigenvalue weighted by Gasteiger charge is 2.47. The van der Waals surface area contributed by atoms with Gasteiger partial charge in [-0.25, -0.2) is 31.5 Å². The van der Waals surface area contributed by atoms with Crippen molar-refractivity contribution in [2.75, 3.05) is 80.2 Å². The first kappa shape index (κ1) is 63.9. The first-order valence-corrected chi connectivity index (χ1v) is 34.7. The summed E-state index contributed by atoms with van der Waals surface area (Å²) in [5.41, 5.74) is 4.41. The number of phenols is 1. The minimum Gasteiger partial charge on any atom is -0.507 e. The van der Waals surface area contributed by atoms with Gasteiger partial charge in [-0.1, -0.05) is 71.7 Å². The van der Waals surface area contributed by atoms with Gasteiger partial charge in [0, 0.05) is 41.7 Å². The number of methoxy groups -OCH3 is 1. The number of ether oxygens (including phenoxy) is 4. The van der Waals surface area contributed by atoms with Crippen LogP contribution in [0.4, 0.5) is 16.5 Å². The zero-order valence-electron chi connectivity index (χ0n) is 49.2. The summed E-state index contributed by atoms with van der Waals surface area (Å²) in [4.78, 5) is 89.6. The summed E-state index contributed by atoms with van der Waals surface area (Å²) in [6.07, 6.45) is 2.78. The Bertz CT molecular complexity index is 4790. The van der Waals surface area contributed by atoms with Gasteiger partial charge in [-0.15, -0.1) is 11.3 Å². The van der Waals surface area contributed by atoms with Crippen LogP contribution in [0.3, 0.4) is 0 Å². The molecule has 3 fully saturated rings. The number of carbonyl (C=O) groups excluding carboxylic acids is 6. The van der Waals surface area contributed by atoms with E-state index in [-0.39, 0.29) is 79.2 Å². The molecule has 3 aromatic heterocycles. The standard InChI is InChI=1S/C24H21N3O6S3.C21H19N3O6S.C18H13N3O3S2/c1-33-16-8-6-14(7-9-16)25-19(28)12-26-18-5-3-2-4-17(18)20(22(26)29)21-23(30)27(24(34)35-21)15-10-11-36(31,32)13-15;25-19-7-2-1-6-18(19)20(26)16-13-22-24(14-16)21(27)15-4-3-5-17(12-15)31(28,29)23-8-10-30-11-9-23;1-9-19-11-3-4-12-16(15(11)25-9)26-18(20-12)21-17(22)10-2-5-13-14(8-10)24-7-6-23-13/h2-9,15H,10-13H2,1H3,(H,25,28);1-7,12-14,25H,8-11H2;2-5,8H,6-7H2,1H3,(H,20,21,22)/b21-20-;;. The lowest BCUT2D eigenvalue weighted by atomic mass is 10.1. The van der Waals surface area contributed by atoms with Crippen molar-refractivity contribution < 1.29 is 69.7 Å². The molecule has 5 aliphatic heterocycles. The quantitative estimate of drug-likeness (QED) is 0.0589. The number of hydrogen-bond acceptors (Lipinski definition) is 22. The van der Waals surface area contributed by atoms with E-state index in [0.717, 1.165) is 41.9 Å². The molecule has 0 saturated carbocycles. The maximum absolute atomic E-state index is 13.6. The number of hydrogen-bond donors (Lipinski definition) is 3. The Morgan fingerprint density at radius 3 is 2.25 bits per heavy atom. The lowest BCUT2D eigenvalue weighted by Crippen LogP contribution is -2.40. The first-order valence-electron chi connectivity index (χ1n) is 28.6. The summed E-state index contributed by atoms with van der Waals surface area (Å²) in [5, 5.41) is 21.0. The van der Waals surface area contributed by atoms with Crippen LogP contribution in [-0.2, 0) is 39.0 Å². The Balaban J connectivity index is 0.000000136. The number of morpholine rings is 1. The Hall–Kier alpha value is -9.27. The molecule has 9 aromatic rings. The molecular weight excluding hydrogens is 1320 g/mol. The average molecular weight is 1370 g/mol. The third-order valence-corrected chi connectivity index (χ3v) is 22.3. The second-order valence-corrected chi connectivity index (χ2v) is 29.2. The van der Waals surface area contributed by atoms with E-state index < -0.39 is 55.3 Å². The Morgan fingerprint density at radius 2 is 1.51 bits per heavy atom. The monoisotopic (exact) mass is 1370 g/mol. The van der Waals surface area contributed by atoms with Crippen molar-refractivity contribution in [1.29, 1.82) is 0 Å². The topological polar surface area (TPSA) is 305 Å². The Labute approximate surface area is 548 Å². The van der Waals surface area contributed by atoms with E-state index in [0.29, 0.717) is 77.7 Å². The van der Waals surface area contributed by atoms with Gasteiger partial charge in [-0.05, 0) is 104 Å². The van der Waals surface area contributed by atoms with Crippen LogP contribution < -0.4 is 29.7 Å². The predicted octanol–water partition coefficient (Wildman–Crippen LogP) is 8.21. The highest BCUT2D eigenvalue weighted by atomic mass is 32.2. The molecular formula is C63H53N9O15S6. The van der Waals surface area contributed by atoms with E-state index in [1.807, 2.05) is 19.1 Å². The van der Waals surface area contributed by atoms with E-state index in [9.17, 15) is 50.7 Å². The predicted molar refractivity (Wildman–Crippen MR) is 354 cm³/mol. The molecule has 8 heterocycles. The van der Waals surface area contributed by atoms with E-state index in [1.54, 1.807) is 97.3 Å². The largest absolute Gasteiger partial charge is 0.507 e. The number of phenolic OH excluding ortho intramolecular Hbond substituents is 1. The molecule has 0 radical (unpaired) electrons. The number of anilines is 3. The molecule has 93 heavy (non-hydrogen) atoms. The fourth-order valence-electron chi connectivity index (χ4n) is 10.6. The molecule has 0 aliphatic carbocycles. The number of nitrogens with one attached hydrogen (secondary N) is 2. The van der Waals surface area contributed by atoms with Crippen LogP contribution in [0.15, 0.2) is 150 Å². The molecule has 30 heteroatoms. The molecule has 14 rings (SSSR count). The van der Waals surface area contributed by atoms with Gasteiger partial charge in [0.05, 0.1) is 102 Å². The number of aryl methyl sites for hydroxylation is 1. The Kier molecular flexibility index (Phi) is 18.4. The fourth-order valence-corrected chi connectivity index (χ4v) is 17.2. The van der Waals surface area contributed by atoms with Gasteiger partial charge >= 0.3 is 0 Å². The van der Waals surface area contributed by atoms with Crippen molar-refractivity contribution in [2.45, 2.75) is 24.3 Å². The summed E-state index contributed by atoms with van der Waals surface area (Å²) in [6, 6.07) is 34.0. The normalized spacial score (nSPS) is 17.5. The Morgan fingerprint density at radius 1 is 0.785 bits per heavy atom. The molecule has 1 atom stereocenters. The number of amides is 4. The molecule has 3 N–H and O–H groups in total. The van der Waals surface area contributed by atoms with Crippen molar-refractivity contribution >= 4 is 149 Å². The molecule has 1 unspecified atom stereocenters. The summed E-state index contributed by atoms with van der Waals surface area (Å²) in [5.74, 6) is -1.09. The fraction of sp³-hybridized carbons (Fsp3) is 0.206. The summed E-state index contributed by atoms with van der Waals surface area (Å²) in [7, 11) is -5.45. The molecule has 4 amide bonds. The summed E-state index contributed by atoms with van der Waals surface area (Å²) >= 11 is 9.51. The maximum Gasteiger partial charge on any atom is 0.278 e. The van der Waals surface area contributed by atoms with Crippen molar-refractivity contribution in [1.82, 2.24) is 29.0 Å². The van der Waals surface area contributed by atoms with Crippen molar-refractivity contribution in [3.05, 3.63) is 178 Å². The number of ketones is 1. The summed E-state index contributed by atoms with van der Waals surface area (Å²) in [6.45, 7) is 3.87. The van der Waals surface area contributed by atoms with Crippen LogP contribution in [0.25, 0.3) is 26.0 Å². The van der Waals surface area contributed by atoms with E-state index in [1.165, 1.54) is 74.2 Å².